The van der Waals surface area contributed by atoms with Gasteiger partial charge in [-0.2, -0.15) is 5.10 Å². The Hall–Kier alpha value is -1.34. The van der Waals surface area contributed by atoms with E-state index in [-0.39, 0.29) is 0 Å². The topological polar surface area (TPSA) is 54.2 Å². The zero-order chi connectivity index (χ0) is 15.4. The fourth-order valence-electron chi connectivity index (χ4n) is 2.08. The van der Waals surface area contributed by atoms with Crippen molar-refractivity contribution in [1.29, 1.82) is 0 Å². The van der Waals surface area contributed by atoms with Gasteiger partial charge in [0.25, 0.3) is 0 Å². The second-order valence-electron chi connectivity index (χ2n) is 4.78. The van der Waals surface area contributed by atoms with Gasteiger partial charge in [0, 0.05) is 46.6 Å². The first-order valence-electron chi connectivity index (χ1n) is 6.67. The number of aliphatic imine (C=N–C) groups is 1. The van der Waals surface area contributed by atoms with E-state index in [1.807, 2.05) is 18.7 Å². The van der Waals surface area contributed by atoms with E-state index in [0.29, 0.717) is 0 Å². The molecule has 2 rings (SSSR count). The monoisotopic (exact) mass is 369 g/mol. The first-order valence-corrected chi connectivity index (χ1v) is 8.35. The summed E-state index contributed by atoms with van der Waals surface area (Å²) in [6.45, 7) is 5.60. The number of nitrogens with zero attached hydrogens (tertiary/aromatic N) is 3. The van der Waals surface area contributed by atoms with E-state index in [2.05, 4.69) is 55.0 Å². The van der Waals surface area contributed by atoms with Crippen LogP contribution in [-0.4, -0.2) is 22.8 Å². The van der Waals surface area contributed by atoms with Gasteiger partial charge in [0.1, 0.15) is 0 Å². The lowest BCUT2D eigenvalue weighted by molar-refractivity contribution is 0.728. The molecule has 0 fully saturated rings. The Morgan fingerprint density at radius 1 is 1.38 bits per heavy atom. The van der Waals surface area contributed by atoms with Crippen LogP contribution in [0.4, 0.5) is 0 Å². The minimum Gasteiger partial charge on any atom is -0.352 e. The Morgan fingerprint density at radius 2 is 2.10 bits per heavy atom. The van der Waals surface area contributed by atoms with E-state index in [1.165, 1.54) is 16.1 Å². The minimum atomic E-state index is 0.722. The standard InChI is InChI=1S/C14H20BrN5S/c1-9-13(10(2)20(4)19-9)7-18-14(16-3)17-6-12-5-11(15)8-21-12/h5,8H,6-7H2,1-4H3,(H2,16,17,18). The summed E-state index contributed by atoms with van der Waals surface area (Å²) in [5.74, 6) is 0.794. The summed E-state index contributed by atoms with van der Waals surface area (Å²) in [6, 6.07) is 2.11. The van der Waals surface area contributed by atoms with Crippen LogP contribution in [0.1, 0.15) is 21.8 Å². The Kier molecular flexibility index (Phi) is 5.41. The predicted octanol–water partition coefficient (Wildman–Crippen LogP) is 2.73. The van der Waals surface area contributed by atoms with Crippen LogP contribution >= 0.6 is 27.3 Å². The molecule has 0 spiro atoms. The molecule has 0 atom stereocenters. The summed E-state index contributed by atoms with van der Waals surface area (Å²) in [5.41, 5.74) is 3.46. The third kappa shape index (κ3) is 4.07. The Labute approximate surface area is 137 Å². The van der Waals surface area contributed by atoms with Crippen molar-refractivity contribution in [3.8, 4) is 0 Å². The van der Waals surface area contributed by atoms with E-state index in [1.54, 1.807) is 18.4 Å². The highest BCUT2D eigenvalue weighted by atomic mass is 79.9. The normalized spacial score (nSPS) is 11.8. The van der Waals surface area contributed by atoms with Gasteiger partial charge < -0.3 is 10.6 Å². The Balaban J connectivity index is 1.91. The third-order valence-corrected chi connectivity index (χ3v) is 5.06. The van der Waals surface area contributed by atoms with E-state index < -0.39 is 0 Å². The lowest BCUT2D eigenvalue weighted by atomic mass is 10.2. The van der Waals surface area contributed by atoms with Gasteiger partial charge in [-0.3, -0.25) is 9.67 Å². The molecule has 2 N–H and O–H groups in total. The number of aryl methyl sites for hydroxylation is 2. The highest BCUT2D eigenvalue weighted by Crippen LogP contribution is 2.19. The fourth-order valence-corrected chi connectivity index (χ4v) is 3.47. The largest absolute Gasteiger partial charge is 0.352 e. The maximum absolute atomic E-state index is 4.42. The van der Waals surface area contributed by atoms with Crippen LogP contribution in [0.25, 0.3) is 0 Å². The summed E-state index contributed by atoms with van der Waals surface area (Å²) < 4.78 is 3.03. The van der Waals surface area contributed by atoms with Crippen molar-refractivity contribution in [2.24, 2.45) is 12.0 Å². The fraction of sp³-hybridized carbons (Fsp3) is 0.429. The van der Waals surface area contributed by atoms with Crippen LogP contribution in [-0.2, 0) is 20.1 Å². The van der Waals surface area contributed by atoms with E-state index in [4.69, 9.17) is 0 Å². The number of halogens is 1. The molecule has 2 aromatic rings. The highest BCUT2D eigenvalue weighted by Gasteiger charge is 2.09. The van der Waals surface area contributed by atoms with Crippen LogP contribution in [0.2, 0.25) is 0 Å². The molecular formula is C14H20BrN5S. The lowest BCUT2D eigenvalue weighted by Gasteiger charge is -2.11. The summed E-state index contributed by atoms with van der Waals surface area (Å²) in [7, 11) is 3.75. The zero-order valence-electron chi connectivity index (χ0n) is 12.7. The molecule has 0 aliphatic heterocycles. The van der Waals surface area contributed by atoms with Gasteiger partial charge in [-0.1, -0.05) is 0 Å². The molecule has 21 heavy (non-hydrogen) atoms. The molecule has 0 saturated heterocycles. The molecule has 114 valence electrons. The van der Waals surface area contributed by atoms with Crippen molar-refractivity contribution >= 4 is 33.2 Å². The molecule has 0 unspecified atom stereocenters. The van der Waals surface area contributed by atoms with E-state index in [9.17, 15) is 0 Å². The summed E-state index contributed by atoms with van der Waals surface area (Å²) in [5, 5.41) is 13.2. The smallest absolute Gasteiger partial charge is 0.191 e. The van der Waals surface area contributed by atoms with Crippen molar-refractivity contribution in [2.75, 3.05) is 7.05 Å². The first-order chi connectivity index (χ1) is 10.0. The zero-order valence-corrected chi connectivity index (χ0v) is 15.1. The van der Waals surface area contributed by atoms with Crippen LogP contribution in [0.5, 0.6) is 0 Å². The van der Waals surface area contributed by atoms with Gasteiger partial charge in [-0.05, 0) is 35.8 Å². The first kappa shape index (κ1) is 16.0. The molecule has 0 radical (unpaired) electrons. The van der Waals surface area contributed by atoms with Gasteiger partial charge in [-0.25, -0.2) is 0 Å². The van der Waals surface area contributed by atoms with Gasteiger partial charge in [0.05, 0.1) is 12.2 Å². The summed E-state index contributed by atoms with van der Waals surface area (Å²) >= 11 is 5.18. The second-order valence-corrected chi connectivity index (χ2v) is 6.69. The summed E-state index contributed by atoms with van der Waals surface area (Å²) in [6.07, 6.45) is 0. The van der Waals surface area contributed by atoms with E-state index >= 15 is 0 Å². The average molecular weight is 370 g/mol. The molecular weight excluding hydrogens is 350 g/mol. The van der Waals surface area contributed by atoms with Crippen molar-refractivity contribution in [3.63, 3.8) is 0 Å². The van der Waals surface area contributed by atoms with Crippen LogP contribution < -0.4 is 10.6 Å². The molecule has 7 heteroatoms. The number of guanidine groups is 1. The van der Waals surface area contributed by atoms with Crippen LogP contribution in [0.3, 0.4) is 0 Å². The van der Waals surface area contributed by atoms with Crippen molar-refractivity contribution in [2.45, 2.75) is 26.9 Å². The number of rotatable bonds is 4. The number of hydrogen-bond donors (Lipinski definition) is 2. The molecule has 5 nitrogen and oxygen atoms in total. The van der Waals surface area contributed by atoms with Gasteiger partial charge in [0.2, 0.25) is 0 Å². The molecule has 0 aromatic carbocycles. The molecule has 0 bridgehead atoms. The Bertz CT molecular complexity index is 644. The molecule has 0 saturated carbocycles. The maximum atomic E-state index is 4.42. The average Bonchev–Trinajstić information content (AvgIpc) is 2.96. The molecule has 2 aromatic heterocycles. The van der Waals surface area contributed by atoms with E-state index in [0.717, 1.165) is 29.2 Å². The second kappa shape index (κ2) is 7.09. The summed E-state index contributed by atoms with van der Waals surface area (Å²) in [4.78, 5) is 5.51. The third-order valence-electron chi connectivity index (χ3n) is 3.37. The number of thiophene rings is 1. The molecule has 2 heterocycles. The van der Waals surface area contributed by atoms with Gasteiger partial charge in [0.15, 0.2) is 5.96 Å². The lowest BCUT2D eigenvalue weighted by Crippen LogP contribution is -2.36. The van der Waals surface area contributed by atoms with Gasteiger partial charge >= 0.3 is 0 Å². The predicted molar refractivity (Wildman–Crippen MR) is 91.7 cm³/mol. The van der Waals surface area contributed by atoms with Crippen LogP contribution in [0, 0.1) is 13.8 Å². The molecule has 0 amide bonds. The number of nitrogens with one attached hydrogen (secondary N) is 2. The SMILES string of the molecule is CN=C(NCc1cc(Br)cs1)NCc1c(C)nn(C)c1C. The van der Waals surface area contributed by atoms with Crippen LogP contribution in [0.15, 0.2) is 20.9 Å². The Morgan fingerprint density at radius 3 is 2.62 bits per heavy atom. The van der Waals surface area contributed by atoms with Crippen molar-refractivity contribution in [1.82, 2.24) is 20.4 Å². The minimum absolute atomic E-state index is 0.722. The number of hydrogen-bond acceptors (Lipinski definition) is 3. The van der Waals surface area contributed by atoms with Crippen molar-refractivity contribution in [3.05, 3.63) is 37.7 Å². The van der Waals surface area contributed by atoms with Crippen molar-refractivity contribution < 1.29 is 0 Å². The molecule has 0 aliphatic carbocycles. The quantitative estimate of drug-likeness (QED) is 0.643. The highest BCUT2D eigenvalue weighted by molar-refractivity contribution is 9.10. The maximum Gasteiger partial charge on any atom is 0.191 e. The van der Waals surface area contributed by atoms with Gasteiger partial charge in [-0.15, -0.1) is 11.3 Å². The molecule has 0 aliphatic rings. The number of aromatic nitrogens is 2.